The summed E-state index contributed by atoms with van der Waals surface area (Å²) in [6.07, 6.45) is 0. The highest BCUT2D eigenvalue weighted by molar-refractivity contribution is 7.99. The van der Waals surface area contributed by atoms with E-state index in [1.807, 2.05) is 31.2 Å². The first-order valence-electron chi connectivity index (χ1n) is 7.68. The molecule has 0 unspecified atom stereocenters. The Labute approximate surface area is 153 Å². The second kappa shape index (κ2) is 7.79. The van der Waals surface area contributed by atoms with Crippen molar-refractivity contribution in [3.05, 3.63) is 64.2 Å². The fraction of sp³-hybridized carbons (Fsp3) is 0.118. The molecule has 26 heavy (non-hydrogen) atoms. The molecule has 9 heteroatoms. The highest BCUT2D eigenvalue weighted by atomic mass is 32.2. The van der Waals surface area contributed by atoms with Gasteiger partial charge in [0.2, 0.25) is 11.1 Å². The van der Waals surface area contributed by atoms with Crippen LogP contribution in [0.5, 0.6) is 0 Å². The molecule has 0 aliphatic rings. The minimum absolute atomic E-state index is 0.0766. The SMILES string of the molecule is Cc1ccccc1-c1nc(SCC(=O)Nc2cccc([N+](=O)[O-])c2)n[nH]1. The number of rotatable bonds is 6. The number of aromatic nitrogens is 3. The molecule has 0 saturated heterocycles. The predicted octanol–water partition coefficient (Wildman–Crippen LogP) is 3.42. The fourth-order valence-corrected chi connectivity index (χ4v) is 2.89. The van der Waals surface area contributed by atoms with E-state index in [4.69, 9.17) is 0 Å². The Balaban J connectivity index is 1.59. The van der Waals surface area contributed by atoms with Crippen LogP contribution in [0.1, 0.15) is 5.56 Å². The molecule has 0 radical (unpaired) electrons. The molecule has 0 aliphatic carbocycles. The van der Waals surface area contributed by atoms with E-state index in [2.05, 4.69) is 20.5 Å². The zero-order chi connectivity index (χ0) is 18.5. The van der Waals surface area contributed by atoms with Crippen molar-refractivity contribution in [3.8, 4) is 11.4 Å². The molecule has 2 aromatic carbocycles. The average molecular weight is 369 g/mol. The number of aromatic amines is 1. The maximum Gasteiger partial charge on any atom is 0.271 e. The van der Waals surface area contributed by atoms with E-state index in [-0.39, 0.29) is 17.3 Å². The van der Waals surface area contributed by atoms with Crippen LogP contribution in [-0.2, 0) is 4.79 Å². The molecule has 132 valence electrons. The number of hydrogen-bond acceptors (Lipinski definition) is 6. The molecule has 3 rings (SSSR count). The van der Waals surface area contributed by atoms with E-state index in [0.29, 0.717) is 16.7 Å². The Morgan fingerprint density at radius 2 is 2.08 bits per heavy atom. The van der Waals surface area contributed by atoms with Gasteiger partial charge in [0.1, 0.15) is 0 Å². The van der Waals surface area contributed by atoms with Crippen molar-refractivity contribution in [1.82, 2.24) is 15.2 Å². The third kappa shape index (κ3) is 4.25. The summed E-state index contributed by atoms with van der Waals surface area (Å²) in [6, 6.07) is 13.6. The van der Waals surface area contributed by atoms with Crippen LogP contribution in [-0.4, -0.2) is 31.8 Å². The smallest absolute Gasteiger partial charge is 0.271 e. The van der Waals surface area contributed by atoms with Gasteiger partial charge in [-0.3, -0.25) is 20.0 Å². The molecule has 0 fully saturated rings. The van der Waals surface area contributed by atoms with Crippen molar-refractivity contribution < 1.29 is 9.72 Å². The largest absolute Gasteiger partial charge is 0.325 e. The Morgan fingerprint density at radius 1 is 1.27 bits per heavy atom. The summed E-state index contributed by atoms with van der Waals surface area (Å²) >= 11 is 1.18. The van der Waals surface area contributed by atoms with Crippen LogP contribution in [0.4, 0.5) is 11.4 Å². The number of hydrogen-bond donors (Lipinski definition) is 2. The standard InChI is InChI=1S/C17H15N5O3S/c1-11-5-2-3-8-14(11)16-19-17(21-20-16)26-10-15(23)18-12-6-4-7-13(9-12)22(24)25/h2-9H,10H2,1H3,(H,18,23)(H,19,20,21). The molecule has 2 N–H and O–H groups in total. The van der Waals surface area contributed by atoms with Crippen molar-refractivity contribution in [2.75, 3.05) is 11.1 Å². The van der Waals surface area contributed by atoms with Crippen molar-refractivity contribution in [1.29, 1.82) is 0 Å². The van der Waals surface area contributed by atoms with E-state index in [1.165, 1.54) is 30.0 Å². The van der Waals surface area contributed by atoms with Crippen LogP contribution in [0.15, 0.2) is 53.7 Å². The van der Waals surface area contributed by atoms with Crippen LogP contribution in [0.3, 0.4) is 0 Å². The average Bonchev–Trinajstić information content (AvgIpc) is 3.09. The highest BCUT2D eigenvalue weighted by Crippen LogP contribution is 2.22. The van der Waals surface area contributed by atoms with Gasteiger partial charge in [0.05, 0.1) is 10.7 Å². The van der Waals surface area contributed by atoms with Crippen molar-refractivity contribution in [2.24, 2.45) is 0 Å². The molecule has 8 nitrogen and oxygen atoms in total. The van der Waals surface area contributed by atoms with Gasteiger partial charge in [-0.25, -0.2) is 4.98 Å². The maximum atomic E-state index is 12.0. The molecule has 0 spiro atoms. The zero-order valence-corrected chi connectivity index (χ0v) is 14.6. The molecule has 0 atom stereocenters. The van der Waals surface area contributed by atoms with E-state index in [1.54, 1.807) is 6.07 Å². The Kier molecular flexibility index (Phi) is 5.28. The molecule has 0 saturated carbocycles. The summed E-state index contributed by atoms with van der Waals surface area (Å²) in [7, 11) is 0. The summed E-state index contributed by atoms with van der Waals surface area (Å²) < 4.78 is 0. The number of nitrogens with one attached hydrogen (secondary N) is 2. The molecule has 1 amide bonds. The number of nitro benzene ring substituents is 1. The van der Waals surface area contributed by atoms with Crippen LogP contribution in [0.2, 0.25) is 0 Å². The number of nitro groups is 1. The van der Waals surface area contributed by atoms with E-state index in [9.17, 15) is 14.9 Å². The monoisotopic (exact) mass is 369 g/mol. The Bertz CT molecular complexity index is 957. The maximum absolute atomic E-state index is 12.0. The second-order valence-corrected chi connectivity index (χ2v) is 6.37. The number of thioether (sulfide) groups is 1. The molecule has 0 aliphatic heterocycles. The van der Waals surface area contributed by atoms with Gasteiger partial charge in [-0.1, -0.05) is 42.1 Å². The molecule has 3 aromatic rings. The fourth-order valence-electron chi connectivity index (χ4n) is 2.29. The lowest BCUT2D eigenvalue weighted by Crippen LogP contribution is -2.14. The summed E-state index contributed by atoms with van der Waals surface area (Å²) in [4.78, 5) is 26.7. The van der Waals surface area contributed by atoms with Crippen molar-refractivity contribution in [3.63, 3.8) is 0 Å². The molecule has 0 bridgehead atoms. The molecule has 1 heterocycles. The third-order valence-electron chi connectivity index (χ3n) is 3.54. The van der Waals surface area contributed by atoms with Crippen LogP contribution in [0.25, 0.3) is 11.4 Å². The molecular weight excluding hydrogens is 354 g/mol. The van der Waals surface area contributed by atoms with Crippen LogP contribution in [0, 0.1) is 17.0 Å². The topological polar surface area (TPSA) is 114 Å². The quantitative estimate of drug-likeness (QED) is 0.391. The summed E-state index contributed by atoms with van der Waals surface area (Å²) in [5.74, 6) is 0.441. The van der Waals surface area contributed by atoms with E-state index < -0.39 is 4.92 Å². The Morgan fingerprint density at radius 3 is 2.85 bits per heavy atom. The van der Waals surface area contributed by atoms with Crippen molar-refractivity contribution >= 4 is 29.0 Å². The minimum Gasteiger partial charge on any atom is -0.325 e. The number of benzene rings is 2. The highest BCUT2D eigenvalue weighted by Gasteiger charge is 2.12. The van der Waals surface area contributed by atoms with Gasteiger partial charge in [0.15, 0.2) is 5.82 Å². The lowest BCUT2D eigenvalue weighted by molar-refractivity contribution is -0.384. The van der Waals surface area contributed by atoms with Crippen LogP contribution >= 0.6 is 11.8 Å². The number of aryl methyl sites for hydroxylation is 1. The number of H-pyrrole nitrogens is 1. The van der Waals surface area contributed by atoms with Gasteiger partial charge in [-0.05, 0) is 18.6 Å². The van der Waals surface area contributed by atoms with Gasteiger partial charge in [0, 0.05) is 23.4 Å². The summed E-state index contributed by atoms with van der Waals surface area (Å²) in [6.45, 7) is 1.98. The number of carbonyl (C=O) groups excluding carboxylic acids is 1. The summed E-state index contributed by atoms with van der Waals surface area (Å²) in [5, 5.41) is 20.8. The number of nitrogens with zero attached hydrogens (tertiary/aromatic N) is 3. The van der Waals surface area contributed by atoms with Crippen molar-refractivity contribution in [2.45, 2.75) is 12.1 Å². The van der Waals surface area contributed by atoms with E-state index in [0.717, 1.165) is 11.1 Å². The van der Waals surface area contributed by atoms with Gasteiger partial charge in [0.25, 0.3) is 5.69 Å². The molecule has 1 aromatic heterocycles. The van der Waals surface area contributed by atoms with Gasteiger partial charge >= 0.3 is 0 Å². The third-order valence-corrected chi connectivity index (χ3v) is 4.39. The first-order valence-corrected chi connectivity index (χ1v) is 8.67. The number of non-ortho nitro benzene ring substituents is 1. The van der Waals surface area contributed by atoms with Crippen LogP contribution < -0.4 is 5.32 Å². The number of carbonyl (C=O) groups is 1. The normalized spacial score (nSPS) is 10.5. The van der Waals surface area contributed by atoms with E-state index >= 15 is 0 Å². The van der Waals surface area contributed by atoms with Gasteiger partial charge in [-0.15, -0.1) is 5.10 Å². The minimum atomic E-state index is -0.509. The molecular formula is C17H15N5O3S. The first kappa shape index (κ1) is 17.6. The number of amides is 1. The van der Waals surface area contributed by atoms with Gasteiger partial charge < -0.3 is 5.32 Å². The first-order chi connectivity index (χ1) is 12.5. The summed E-state index contributed by atoms with van der Waals surface area (Å²) in [5.41, 5.74) is 2.32. The number of anilines is 1. The zero-order valence-electron chi connectivity index (χ0n) is 13.8. The lowest BCUT2D eigenvalue weighted by Gasteiger charge is -2.03. The predicted molar refractivity (Wildman–Crippen MR) is 99.0 cm³/mol. The van der Waals surface area contributed by atoms with Gasteiger partial charge in [-0.2, -0.15) is 0 Å². The second-order valence-electron chi connectivity index (χ2n) is 5.43. The lowest BCUT2D eigenvalue weighted by atomic mass is 10.1. The Hall–Kier alpha value is -3.20.